The second-order valence-corrected chi connectivity index (χ2v) is 8.30. The molecule has 5 aromatic rings. The summed E-state index contributed by atoms with van der Waals surface area (Å²) in [5.41, 5.74) is 2.07. The zero-order chi connectivity index (χ0) is 24.2. The second-order valence-electron chi connectivity index (χ2n) is 7.35. The third kappa shape index (κ3) is 4.92. The van der Waals surface area contributed by atoms with Gasteiger partial charge < -0.3 is 9.26 Å². The first kappa shape index (κ1) is 22.7. The Morgan fingerprint density at radius 1 is 0.914 bits per heavy atom. The number of hydrogen-bond donors (Lipinski definition) is 0. The smallest absolute Gasteiger partial charge is 0.237 e. The highest BCUT2D eigenvalue weighted by Gasteiger charge is 2.19. The van der Waals surface area contributed by atoms with Crippen LogP contribution in [-0.2, 0) is 5.75 Å². The third-order valence-electron chi connectivity index (χ3n) is 5.04. The molecule has 0 N–H and O–H groups in total. The van der Waals surface area contributed by atoms with Gasteiger partial charge in [-0.2, -0.15) is 4.98 Å². The van der Waals surface area contributed by atoms with Crippen LogP contribution in [-0.4, -0.2) is 31.5 Å². The molecule has 0 saturated carbocycles. The highest BCUT2D eigenvalue weighted by molar-refractivity contribution is 7.98. The van der Waals surface area contributed by atoms with Crippen LogP contribution in [0.3, 0.4) is 0 Å². The molecule has 7 nitrogen and oxygen atoms in total. The van der Waals surface area contributed by atoms with E-state index in [1.165, 1.54) is 36.0 Å². The van der Waals surface area contributed by atoms with Gasteiger partial charge in [0, 0.05) is 11.3 Å². The Hall–Kier alpha value is -4.05. The molecule has 0 bridgehead atoms. The summed E-state index contributed by atoms with van der Waals surface area (Å²) < 4.78 is 39.9. The molecule has 176 valence electrons. The number of nitrogens with zero attached hydrogens (tertiary/aromatic N) is 5. The maximum Gasteiger partial charge on any atom is 0.237 e. The Kier molecular flexibility index (Phi) is 6.53. The molecule has 0 spiro atoms. The van der Waals surface area contributed by atoms with E-state index in [2.05, 4.69) is 20.3 Å². The quantitative estimate of drug-likeness (QED) is 0.248. The van der Waals surface area contributed by atoms with Gasteiger partial charge in [0.15, 0.2) is 11.0 Å². The molecule has 5 rings (SSSR count). The SMILES string of the molecule is CCOc1ccccc1-c1noc(CSc2nnc(-c3ccc(F)cc3)n2-c2ccc(F)cc2)n1. The minimum absolute atomic E-state index is 0.326. The third-order valence-corrected chi connectivity index (χ3v) is 5.95. The summed E-state index contributed by atoms with van der Waals surface area (Å²) in [5.74, 6) is 1.61. The fraction of sp³-hybridized carbons (Fsp3) is 0.120. The fourth-order valence-corrected chi connectivity index (χ4v) is 4.24. The zero-order valence-electron chi connectivity index (χ0n) is 18.6. The van der Waals surface area contributed by atoms with E-state index in [0.29, 0.717) is 52.1 Å². The average molecular weight is 492 g/mol. The zero-order valence-corrected chi connectivity index (χ0v) is 19.4. The Morgan fingerprint density at radius 2 is 1.63 bits per heavy atom. The summed E-state index contributed by atoms with van der Waals surface area (Å²) in [5, 5.41) is 13.2. The fourth-order valence-electron chi connectivity index (χ4n) is 3.45. The van der Waals surface area contributed by atoms with Crippen LogP contribution < -0.4 is 4.74 Å². The topological polar surface area (TPSA) is 78.9 Å². The summed E-state index contributed by atoms with van der Waals surface area (Å²) in [7, 11) is 0. The molecule has 0 aliphatic heterocycles. The van der Waals surface area contributed by atoms with Crippen LogP contribution in [0.1, 0.15) is 12.8 Å². The number of halogens is 2. The molecule has 0 unspecified atom stereocenters. The summed E-state index contributed by atoms with van der Waals surface area (Å²) in [4.78, 5) is 4.50. The molecule has 0 saturated heterocycles. The number of hydrogen-bond acceptors (Lipinski definition) is 7. The van der Waals surface area contributed by atoms with E-state index < -0.39 is 0 Å². The van der Waals surface area contributed by atoms with Gasteiger partial charge in [0.1, 0.15) is 17.4 Å². The van der Waals surface area contributed by atoms with Crippen LogP contribution in [0, 0.1) is 11.6 Å². The van der Waals surface area contributed by atoms with E-state index in [9.17, 15) is 8.78 Å². The lowest BCUT2D eigenvalue weighted by atomic mass is 10.2. The number of benzene rings is 3. The lowest BCUT2D eigenvalue weighted by molar-refractivity contribution is 0.341. The van der Waals surface area contributed by atoms with E-state index in [0.717, 1.165) is 5.56 Å². The number of rotatable bonds is 8. The van der Waals surface area contributed by atoms with Gasteiger partial charge in [-0.15, -0.1) is 10.2 Å². The van der Waals surface area contributed by atoms with E-state index in [1.807, 2.05) is 31.2 Å². The molecule has 10 heteroatoms. The van der Waals surface area contributed by atoms with Crippen molar-refractivity contribution in [1.29, 1.82) is 0 Å². The van der Waals surface area contributed by atoms with Crippen molar-refractivity contribution in [1.82, 2.24) is 24.9 Å². The first-order chi connectivity index (χ1) is 17.1. The van der Waals surface area contributed by atoms with E-state index in [1.54, 1.807) is 28.8 Å². The van der Waals surface area contributed by atoms with Crippen molar-refractivity contribution >= 4 is 11.8 Å². The molecule has 0 fully saturated rings. The molecule has 0 aliphatic carbocycles. The normalized spacial score (nSPS) is 11.1. The van der Waals surface area contributed by atoms with E-state index in [4.69, 9.17) is 9.26 Å². The summed E-state index contributed by atoms with van der Waals surface area (Å²) >= 11 is 1.33. The van der Waals surface area contributed by atoms with Crippen LogP contribution in [0.15, 0.2) is 82.5 Å². The van der Waals surface area contributed by atoms with Crippen molar-refractivity contribution < 1.29 is 18.0 Å². The van der Waals surface area contributed by atoms with Gasteiger partial charge in [0.05, 0.1) is 17.9 Å². The lowest BCUT2D eigenvalue weighted by Gasteiger charge is -2.10. The van der Waals surface area contributed by atoms with Gasteiger partial charge in [-0.05, 0) is 67.6 Å². The molecule has 0 amide bonds. The Labute approximate surface area is 203 Å². The maximum atomic E-state index is 13.6. The lowest BCUT2D eigenvalue weighted by Crippen LogP contribution is -2.00. The van der Waals surface area contributed by atoms with Gasteiger partial charge in [0.2, 0.25) is 11.7 Å². The van der Waals surface area contributed by atoms with Gasteiger partial charge in [-0.3, -0.25) is 4.57 Å². The predicted molar refractivity (Wildman–Crippen MR) is 127 cm³/mol. The van der Waals surface area contributed by atoms with Crippen LogP contribution in [0.2, 0.25) is 0 Å². The molecule has 2 aromatic heterocycles. The Balaban J connectivity index is 1.43. The number of thioether (sulfide) groups is 1. The number of aromatic nitrogens is 5. The van der Waals surface area contributed by atoms with Crippen molar-refractivity contribution in [2.75, 3.05) is 6.61 Å². The first-order valence-electron chi connectivity index (χ1n) is 10.8. The minimum atomic E-state index is -0.356. The van der Waals surface area contributed by atoms with Crippen molar-refractivity contribution in [3.63, 3.8) is 0 Å². The van der Waals surface area contributed by atoms with Crippen molar-refractivity contribution in [2.24, 2.45) is 0 Å². The first-order valence-corrected chi connectivity index (χ1v) is 11.8. The van der Waals surface area contributed by atoms with Crippen LogP contribution >= 0.6 is 11.8 Å². The second kappa shape index (κ2) is 10.1. The van der Waals surface area contributed by atoms with Crippen molar-refractivity contribution in [3.05, 3.63) is 90.3 Å². The van der Waals surface area contributed by atoms with Gasteiger partial charge in [-0.1, -0.05) is 29.1 Å². The molecule has 0 atom stereocenters. The Bertz CT molecular complexity index is 1440. The Morgan fingerprint density at radius 3 is 2.37 bits per heavy atom. The molecular weight excluding hydrogens is 472 g/mol. The van der Waals surface area contributed by atoms with Crippen LogP contribution in [0.25, 0.3) is 28.5 Å². The number of para-hydroxylation sites is 1. The summed E-state index contributed by atoms with van der Waals surface area (Å²) in [6, 6.07) is 19.4. The van der Waals surface area contributed by atoms with E-state index in [-0.39, 0.29) is 11.6 Å². The molecule has 0 radical (unpaired) electrons. The highest BCUT2D eigenvalue weighted by Crippen LogP contribution is 2.31. The van der Waals surface area contributed by atoms with Gasteiger partial charge >= 0.3 is 0 Å². The minimum Gasteiger partial charge on any atom is -0.493 e. The standard InChI is InChI=1S/C25H19F2N5O2S/c1-2-33-21-6-4-3-5-20(21)23-28-22(34-31-23)15-35-25-30-29-24(16-7-9-17(26)10-8-16)32(25)19-13-11-18(27)12-14-19/h3-14H,2,15H2,1H3. The maximum absolute atomic E-state index is 13.6. The number of ether oxygens (including phenoxy) is 1. The largest absolute Gasteiger partial charge is 0.493 e. The molecule has 0 aliphatic rings. The molecule has 2 heterocycles. The van der Waals surface area contributed by atoms with Crippen LogP contribution in [0.5, 0.6) is 5.75 Å². The van der Waals surface area contributed by atoms with Crippen LogP contribution in [0.4, 0.5) is 8.78 Å². The molecule has 3 aromatic carbocycles. The van der Waals surface area contributed by atoms with Crippen molar-refractivity contribution in [3.8, 4) is 34.2 Å². The van der Waals surface area contributed by atoms with Gasteiger partial charge in [-0.25, -0.2) is 8.78 Å². The predicted octanol–water partition coefficient (Wildman–Crippen LogP) is 5.95. The van der Waals surface area contributed by atoms with E-state index >= 15 is 0 Å². The monoisotopic (exact) mass is 491 g/mol. The van der Waals surface area contributed by atoms with Crippen molar-refractivity contribution in [2.45, 2.75) is 17.8 Å². The molecular formula is C25H19F2N5O2S. The summed E-state index contributed by atoms with van der Waals surface area (Å²) in [6.45, 7) is 2.43. The highest BCUT2D eigenvalue weighted by atomic mass is 32.2. The summed E-state index contributed by atoms with van der Waals surface area (Å²) in [6.07, 6.45) is 0. The average Bonchev–Trinajstić information content (AvgIpc) is 3.52. The molecule has 35 heavy (non-hydrogen) atoms. The van der Waals surface area contributed by atoms with Gasteiger partial charge in [0.25, 0.3) is 0 Å².